The first-order chi connectivity index (χ1) is 8.33. The first kappa shape index (κ1) is 10.3. The molecule has 0 aliphatic rings. The third kappa shape index (κ3) is 2.02. The van der Waals surface area contributed by atoms with Crippen molar-refractivity contribution in [2.45, 2.75) is 0 Å². The number of pyridine rings is 1. The topological polar surface area (TPSA) is 12.9 Å². The number of aromatic nitrogens is 1. The van der Waals surface area contributed by atoms with Crippen molar-refractivity contribution in [2.75, 3.05) is 0 Å². The van der Waals surface area contributed by atoms with E-state index in [4.69, 9.17) is 11.6 Å². The van der Waals surface area contributed by atoms with E-state index in [2.05, 4.69) is 29.2 Å². The van der Waals surface area contributed by atoms with E-state index >= 15 is 0 Å². The zero-order valence-corrected chi connectivity index (χ0v) is 9.85. The van der Waals surface area contributed by atoms with Crippen LogP contribution < -0.4 is 0 Å². The third-order valence-electron chi connectivity index (χ3n) is 2.76. The van der Waals surface area contributed by atoms with Gasteiger partial charge in [-0.25, -0.2) is 0 Å². The molecule has 0 aliphatic heterocycles. The van der Waals surface area contributed by atoms with E-state index < -0.39 is 0 Å². The first-order valence-corrected chi connectivity index (χ1v) is 5.81. The predicted octanol–water partition coefficient (Wildman–Crippen LogP) is 4.56. The maximum atomic E-state index is 6.00. The van der Waals surface area contributed by atoms with Crippen LogP contribution >= 0.6 is 11.6 Å². The van der Waals surface area contributed by atoms with Gasteiger partial charge in [-0.2, -0.15) is 0 Å². The summed E-state index contributed by atoms with van der Waals surface area (Å²) in [6, 6.07) is 18.1. The number of fused-ring (bicyclic) bond motifs is 1. The van der Waals surface area contributed by atoms with Gasteiger partial charge in [-0.15, -0.1) is 0 Å². The molecule has 1 nitrogen and oxygen atoms in total. The number of hydrogen-bond donors (Lipinski definition) is 0. The Balaban J connectivity index is 2.18. The third-order valence-corrected chi connectivity index (χ3v) is 3.00. The second kappa shape index (κ2) is 4.19. The molecule has 0 N–H and O–H groups in total. The van der Waals surface area contributed by atoms with Gasteiger partial charge >= 0.3 is 0 Å². The summed E-state index contributed by atoms with van der Waals surface area (Å²) in [6.07, 6.45) is 1.81. The molecule has 0 atom stereocenters. The van der Waals surface area contributed by atoms with Gasteiger partial charge in [0.25, 0.3) is 0 Å². The molecule has 2 aromatic carbocycles. The van der Waals surface area contributed by atoms with E-state index in [-0.39, 0.29) is 0 Å². The zero-order chi connectivity index (χ0) is 11.7. The fourth-order valence-electron chi connectivity index (χ4n) is 1.92. The van der Waals surface area contributed by atoms with Crippen molar-refractivity contribution in [1.29, 1.82) is 0 Å². The van der Waals surface area contributed by atoms with Gasteiger partial charge in [0, 0.05) is 16.6 Å². The van der Waals surface area contributed by atoms with E-state index in [1.807, 2.05) is 30.3 Å². The number of rotatable bonds is 1. The van der Waals surface area contributed by atoms with Crippen LogP contribution in [0.5, 0.6) is 0 Å². The number of hydrogen-bond acceptors (Lipinski definition) is 1. The fraction of sp³-hybridized carbons (Fsp3) is 0. The molecule has 0 bridgehead atoms. The fourth-order valence-corrected chi connectivity index (χ4v) is 2.11. The van der Waals surface area contributed by atoms with Gasteiger partial charge in [-0.1, -0.05) is 35.9 Å². The van der Waals surface area contributed by atoms with Gasteiger partial charge in [0.1, 0.15) is 0 Å². The smallest absolute Gasteiger partial charge is 0.0702 e. The molecule has 2 heteroatoms. The van der Waals surface area contributed by atoms with Crippen LogP contribution in [0.2, 0.25) is 5.02 Å². The number of nitrogens with zero attached hydrogens (tertiary/aromatic N) is 1. The summed E-state index contributed by atoms with van der Waals surface area (Å²) >= 11 is 6.00. The second-order valence-electron chi connectivity index (χ2n) is 3.92. The molecule has 0 spiro atoms. The highest BCUT2D eigenvalue weighted by Gasteiger charge is 2.00. The molecule has 3 rings (SSSR count). The van der Waals surface area contributed by atoms with Crippen molar-refractivity contribution in [3.63, 3.8) is 0 Å². The molecule has 0 amide bonds. The molecule has 0 saturated carbocycles. The largest absolute Gasteiger partial charge is 0.256 e. The summed E-state index contributed by atoms with van der Waals surface area (Å²) in [5, 5.41) is 1.90. The van der Waals surface area contributed by atoms with Crippen LogP contribution in [0.3, 0.4) is 0 Å². The molecule has 17 heavy (non-hydrogen) atoms. The summed E-state index contributed by atoms with van der Waals surface area (Å²) in [6.45, 7) is 0. The molecule has 0 fully saturated rings. The zero-order valence-electron chi connectivity index (χ0n) is 9.10. The molecule has 0 aliphatic carbocycles. The lowest BCUT2D eigenvalue weighted by Gasteiger charge is -2.04. The Morgan fingerprint density at radius 1 is 0.824 bits per heavy atom. The van der Waals surface area contributed by atoms with Gasteiger partial charge in [-0.3, -0.25) is 4.98 Å². The molecule has 3 aromatic rings. The Hall–Kier alpha value is -1.86. The lowest BCUT2D eigenvalue weighted by Crippen LogP contribution is -1.81. The lowest BCUT2D eigenvalue weighted by atomic mass is 10.0. The van der Waals surface area contributed by atoms with Crippen LogP contribution in [-0.4, -0.2) is 4.98 Å². The molecule has 82 valence electrons. The maximum Gasteiger partial charge on any atom is 0.0702 e. The number of benzene rings is 2. The van der Waals surface area contributed by atoms with Crippen LogP contribution in [-0.2, 0) is 0 Å². The van der Waals surface area contributed by atoms with Crippen LogP contribution in [0.25, 0.3) is 22.0 Å². The molecule has 1 aromatic heterocycles. The van der Waals surface area contributed by atoms with E-state index in [1.165, 1.54) is 0 Å². The van der Waals surface area contributed by atoms with Gasteiger partial charge in [0.15, 0.2) is 0 Å². The first-order valence-electron chi connectivity index (χ1n) is 5.44. The normalized spacial score (nSPS) is 10.6. The van der Waals surface area contributed by atoms with Crippen LogP contribution in [0, 0.1) is 0 Å². The molecule has 0 saturated heterocycles. The summed E-state index contributed by atoms with van der Waals surface area (Å²) in [4.78, 5) is 4.31. The van der Waals surface area contributed by atoms with E-state index in [9.17, 15) is 0 Å². The van der Waals surface area contributed by atoms with Crippen LogP contribution in [0.4, 0.5) is 0 Å². The summed E-state index contributed by atoms with van der Waals surface area (Å²) in [5.41, 5.74) is 3.30. The number of halogens is 1. The van der Waals surface area contributed by atoms with Crippen molar-refractivity contribution < 1.29 is 0 Å². The molecular weight excluding hydrogens is 230 g/mol. The Labute approximate surface area is 105 Å². The van der Waals surface area contributed by atoms with Crippen molar-refractivity contribution >= 4 is 22.5 Å². The van der Waals surface area contributed by atoms with Gasteiger partial charge in [0.2, 0.25) is 0 Å². The van der Waals surface area contributed by atoms with Crippen LogP contribution in [0.1, 0.15) is 0 Å². The quantitative estimate of drug-likeness (QED) is 0.607. The highest BCUT2D eigenvalue weighted by molar-refractivity contribution is 6.30. The second-order valence-corrected chi connectivity index (χ2v) is 4.36. The highest BCUT2D eigenvalue weighted by Crippen LogP contribution is 2.25. The highest BCUT2D eigenvalue weighted by atomic mass is 35.5. The molecule has 0 unspecified atom stereocenters. The minimum Gasteiger partial charge on any atom is -0.256 e. The Morgan fingerprint density at radius 2 is 1.71 bits per heavy atom. The lowest BCUT2D eigenvalue weighted by molar-refractivity contribution is 1.41. The molecule has 1 heterocycles. The van der Waals surface area contributed by atoms with Crippen molar-refractivity contribution in [2.24, 2.45) is 0 Å². The summed E-state index contributed by atoms with van der Waals surface area (Å²) in [5.74, 6) is 0. The summed E-state index contributed by atoms with van der Waals surface area (Å²) in [7, 11) is 0. The van der Waals surface area contributed by atoms with Gasteiger partial charge < -0.3 is 0 Å². The van der Waals surface area contributed by atoms with Crippen molar-refractivity contribution in [3.05, 3.63) is 65.8 Å². The molecule has 0 radical (unpaired) electrons. The predicted molar refractivity (Wildman–Crippen MR) is 72.2 cm³/mol. The minimum absolute atomic E-state index is 0.758. The van der Waals surface area contributed by atoms with Crippen LogP contribution in [0.15, 0.2) is 60.8 Å². The van der Waals surface area contributed by atoms with Gasteiger partial charge in [-0.05, 0) is 41.5 Å². The van der Waals surface area contributed by atoms with E-state index in [0.717, 1.165) is 27.1 Å². The standard InChI is InChI=1S/C15H10ClN/c16-14-5-1-3-11(10-14)12-6-7-15-13(9-12)4-2-8-17-15/h1-10H. The average molecular weight is 240 g/mol. The van der Waals surface area contributed by atoms with Gasteiger partial charge in [0.05, 0.1) is 5.52 Å². The van der Waals surface area contributed by atoms with E-state index in [0.29, 0.717) is 0 Å². The Bertz CT molecular complexity index is 676. The van der Waals surface area contributed by atoms with E-state index in [1.54, 1.807) is 6.20 Å². The summed E-state index contributed by atoms with van der Waals surface area (Å²) < 4.78 is 0. The Kier molecular flexibility index (Phi) is 2.54. The maximum absolute atomic E-state index is 6.00. The SMILES string of the molecule is Clc1cccc(-c2ccc3ncccc3c2)c1. The van der Waals surface area contributed by atoms with Crippen molar-refractivity contribution in [3.8, 4) is 11.1 Å². The monoisotopic (exact) mass is 239 g/mol. The Morgan fingerprint density at radius 3 is 2.59 bits per heavy atom. The van der Waals surface area contributed by atoms with Crippen molar-refractivity contribution in [1.82, 2.24) is 4.98 Å². The minimum atomic E-state index is 0.758. The molecular formula is C15H10ClN. The average Bonchev–Trinajstić information content (AvgIpc) is 2.38.